The molecular formula is C23H39N3O4. The average Bonchev–Trinajstić information content (AvgIpc) is 3.33. The largest absolute Gasteiger partial charge is 0.374 e. The lowest BCUT2D eigenvalue weighted by Gasteiger charge is -2.27. The number of carbonyl (C=O) groups excluding carboxylic acids is 3. The van der Waals surface area contributed by atoms with Crippen LogP contribution in [-0.2, 0) is 19.1 Å². The highest BCUT2D eigenvalue weighted by Gasteiger charge is 2.47. The highest BCUT2D eigenvalue weighted by Crippen LogP contribution is 2.44. The Labute approximate surface area is 180 Å². The maximum Gasteiger partial charge on any atom is 0.229 e. The molecule has 2 heterocycles. The van der Waals surface area contributed by atoms with Gasteiger partial charge in [0.05, 0.1) is 12.2 Å². The van der Waals surface area contributed by atoms with Crippen molar-refractivity contribution in [2.75, 3.05) is 20.1 Å². The van der Waals surface area contributed by atoms with Gasteiger partial charge in [-0.3, -0.25) is 14.4 Å². The Morgan fingerprint density at radius 1 is 0.933 bits per heavy atom. The minimum atomic E-state index is -0.214. The van der Waals surface area contributed by atoms with Crippen molar-refractivity contribution in [3.63, 3.8) is 0 Å². The Balaban J connectivity index is 1.68. The standard InChI is InChI=1S/C23H39N3O4/c1-3-4-9-14-25-22(28)15-23(29)26-16-18-17(19-12-13-20(18)30-19)10-7-5-6-8-11-21(27)24-2/h5,7,17-20H,3-4,6,8-16H2,1-2H3,(H,24,27)(H,25,28)(H,26,29)/b7-5-/t17-,18+,19-,20+/m1/s1. The van der Waals surface area contributed by atoms with Crippen LogP contribution in [0.3, 0.4) is 0 Å². The van der Waals surface area contributed by atoms with Gasteiger partial charge in [0.25, 0.3) is 0 Å². The fourth-order valence-electron chi connectivity index (χ4n) is 4.46. The minimum Gasteiger partial charge on any atom is -0.374 e. The molecule has 7 nitrogen and oxygen atoms in total. The van der Waals surface area contributed by atoms with Crippen molar-refractivity contribution < 1.29 is 19.1 Å². The van der Waals surface area contributed by atoms with Crippen LogP contribution in [-0.4, -0.2) is 50.1 Å². The molecule has 0 aromatic rings. The third-order valence-electron chi connectivity index (χ3n) is 6.18. The Bertz CT molecular complexity index is 593. The summed E-state index contributed by atoms with van der Waals surface area (Å²) in [5, 5.41) is 8.40. The second-order valence-corrected chi connectivity index (χ2v) is 8.43. The summed E-state index contributed by atoms with van der Waals surface area (Å²) in [6.07, 6.45) is 13.2. The number of nitrogens with one attached hydrogen (secondary N) is 3. The molecule has 2 saturated heterocycles. The van der Waals surface area contributed by atoms with Crippen molar-refractivity contribution in [1.82, 2.24) is 16.0 Å². The lowest BCUT2D eigenvalue weighted by molar-refractivity contribution is -0.129. The molecule has 30 heavy (non-hydrogen) atoms. The van der Waals surface area contributed by atoms with Crippen LogP contribution in [0.15, 0.2) is 12.2 Å². The molecule has 0 spiro atoms. The highest BCUT2D eigenvalue weighted by molar-refractivity contribution is 5.96. The zero-order valence-electron chi connectivity index (χ0n) is 18.6. The van der Waals surface area contributed by atoms with Crippen LogP contribution < -0.4 is 16.0 Å². The zero-order valence-corrected chi connectivity index (χ0v) is 18.6. The second-order valence-electron chi connectivity index (χ2n) is 8.43. The van der Waals surface area contributed by atoms with E-state index < -0.39 is 0 Å². The summed E-state index contributed by atoms with van der Waals surface area (Å²) in [7, 11) is 1.66. The summed E-state index contributed by atoms with van der Waals surface area (Å²) >= 11 is 0. The van der Waals surface area contributed by atoms with Crippen molar-refractivity contribution in [3.05, 3.63) is 12.2 Å². The van der Waals surface area contributed by atoms with Crippen LogP contribution in [0.4, 0.5) is 0 Å². The van der Waals surface area contributed by atoms with Gasteiger partial charge >= 0.3 is 0 Å². The Kier molecular flexibility index (Phi) is 10.9. The molecule has 0 unspecified atom stereocenters. The molecule has 2 aliphatic heterocycles. The van der Waals surface area contributed by atoms with Crippen molar-refractivity contribution in [3.8, 4) is 0 Å². The van der Waals surface area contributed by atoms with E-state index in [-0.39, 0.29) is 36.4 Å². The second kappa shape index (κ2) is 13.4. The van der Waals surface area contributed by atoms with Crippen LogP contribution in [0.2, 0.25) is 0 Å². The molecule has 3 amide bonds. The molecule has 0 aromatic carbocycles. The predicted octanol–water partition coefficient (Wildman–Crippen LogP) is 2.46. The first-order valence-corrected chi connectivity index (χ1v) is 11.6. The maximum atomic E-state index is 12.2. The number of carbonyl (C=O) groups is 3. The van der Waals surface area contributed by atoms with Crippen LogP contribution in [0.1, 0.15) is 71.1 Å². The van der Waals surface area contributed by atoms with E-state index in [1.54, 1.807) is 7.05 Å². The fourth-order valence-corrected chi connectivity index (χ4v) is 4.46. The van der Waals surface area contributed by atoms with E-state index in [2.05, 4.69) is 35.0 Å². The highest BCUT2D eigenvalue weighted by atomic mass is 16.5. The van der Waals surface area contributed by atoms with Gasteiger partial charge in [-0.05, 0) is 44.4 Å². The van der Waals surface area contributed by atoms with E-state index in [0.717, 1.165) is 51.4 Å². The first-order chi connectivity index (χ1) is 14.5. The van der Waals surface area contributed by atoms with Gasteiger partial charge in [-0.1, -0.05) is 31.9 Å². The SMILES string of the molecule is CCCCCNC(=O)CC(=O)NC[C@H]1[C@@H](C/C=C\CCCC(=O)NC)[C@H]2CC[C@@H]1O2. The molecule has 2 rings (SSSR count). The lowest BCUT2D eigenvalue weighted by Crippen LogP contribution is -2.39. The number of allylic oxidation sites excluding steroid dienone is 2. The summed E-state index contributed by atoms with van der Waals surface area (Å²) in [4.78, 5) is 35.3. The van der Waals surface area contributed by atoms with Gasteiger partial charge in [0.2, 0.25) is 17.7 Å². The molecule has 2 aliphatic rings. The van der Waals surface area contributed by atoms with Gasteiger partial charge in [0, 0.05) is 32.5 Å². The number of unbranched alkanes of at least 4 members (excludes halogenated alkanes) is 3. The molecule has 2 bridgehead atoms. The van der Waals surface area contributed by atoms with Gasteiger partial charge in [0.15, 0.2) is 0 Å². The molecule has 0 saturated carbocycles. The Morgan fingerprint density at radius 2 is 1.67 bits per heavy atom. The lowest BCUT2D eigenvalue weighted by atomic mass is 9.77. The molecular weight excluding hydrogens is 382 g/mol. The summed E-state index contributed by atoms with van der Waals surface area (Å²) in [6, 6.07) is 0. The van der Waals surface area contributed by atoms with E-state index >= 15 is 0 Å². The number of fused-ring (bicyclic) bond motifs is 2. The number of hydrogen-bond donors (Lipinski definition) is 3. The van der Waals surface area contributed by atoms with Crippen molar-refractivity contribution in [2.45, 2.75) is 83.3 Å². The van der Waals surface area contributed by atoms with Crippen molar-refractivity contribution in [1.29, 1.82) is 0 Å². The molecule has 4 atom stereocenters. The summed E-state index contributed by atoms with van der Waals surface area (Å²) in [5.74, 6) is 0.367. The average molecular weight is 422 g/mol. The number of hydrogen-bond acceptors (Lipinski definition) is 4. The zero-order chi connectivity index (χ0) is 21.8. The summed E-state index contributed by atoms with van der Waals surface area (Å²) in [5.41, 5.74) is 0. The number of ether oxygens (including phenoxy) is 1. The van der Waals surface area contributed by atoms with Crippen LogP contribution in [0.25, 0.3) is 0 Å². The van der Waals surface area contributed by atoms with Crippen molar-refractivity contribution in [2.24, 2.45) is 11.8 Å². The van der Waals surface area contributed by atoms with Gasteiger partial charge in [-0.2, -0.15) is 0 Å². The molecule has 3 N–H and O–H groups in total. The fraction of sp³-hybridized carbons (Fsp3) is 0.783. The molecule has 0 aliphatic carbocycles. The first kappa shape index (κ1) is 24.4. The minimum absolute atomic E-state index is 0.0790. The first-order valence-electron chi connectivity index (χ1n) is 11.6. The third-order valence-corrected chi connectivity index (χ3v) is 6.18. The van der Waals surface area contributed by atoms with Gasteiger partial charge in [-0.25, -0.2) is 0 Å². The predicted molar refractivity (Wildman–Crippen MR) is 117 cm³/mol. The Morgan fingerprint density at radius 3 is 2.40 bits per heavy atom. The summed E-state index contributed by atoms with van der Waals surface area (Å²) in [6.45, 7) is 3.32. The number of amides is 3. The Hall–Kier alpha value is -1.89. The third kappa shape index (κ3) is 8.09. The molecule has 7 heteroatoms. The summed E-state index contributed by atoms with van der Waals surface area (Å²) < 4.78 is 6.09. The monoisotopic (exact) mass is 421 g/mol. The normalized spacial score (nSPS) is 24.9. The smallest absolute Gasteiger partial charge is 0.229 e. The maximum absolute atomic E-state index is 12.2. The van der Waals surface area contributed by atoms with Crippen LogP contribution in [0.5, 0.6) is 0 Å². The molecule has 0 aromatic heterocycles. The number of rotatable bonds is 14. The quantitative estimate of drug-likeness (QED) is 0.228. The van der Waals surface area contributed by atoms with E-state index in [9.17, 15) is 14.4 Å². The van der Waals surface area contributed by atoms with E-state index in [1.807, 2.05) is 0 Å². The van der Waals surface area contributed by atoms with Crippen LogP contribution >= 0.6 is 0 Å². The molecule has 2 fully saturated rings. The van der Waals surface area contributed by atoms with Gasteiger partial charge < -0.3 is 20.7 Å². The van der Waals surface area contributed by atoms with Crippen molar-refractivity contribution >= 4 is 17.7 Å². The molecule has 0 radical (unpaired) electrons. The van der Waals surface area contributed by atoms with Crippen LogP contribution in [0, 0.1) is 11.8 Å². The van der Waals surface area contributed by atoms with E-state index in [1.165, 1.54) is 0 Å². The van der Waals surface area contributed by atoms with E-state index in [4.69, 9.17) is 4.74 Å². The molecule has 170 valence electrons. The van der Waals surface area contributed by atoms with Gasteiger partial charge in [-0.15, -0.1) is 0 Å². The van der Waals surface area contributed by atoms with E-state index in [0.29, 0.717) is 31.3 Å². The topological polar surface area (TPSA) is 96.5 Å². The van der Waals surface area contributed by atoms with Gasteiger partial charge in [0.1, 0.15) is 6.42 Å².